The molecule has 0 atom stereocenters. The Morgan fingerprint density at radius 1 is 1.09 bits per heavy atom. The number of ether oxygens (including phenoxy) is 3. The maximum Gasteiger partial charge on any atom is 0.231 e. The molecule has 6 heteroatoms. The lowest BCUT2D eigenvalue weighted by atomic mass is 10.00. The van der Waals surface area contributed by atoms with Crippen molar-refractivity contribution in [3.8, 4) is 17.2 Å². The SMILES string of the molecule is COc1ccc(CCN2COc3c(cc4c(c3C)O/C(=C\c3ccc(Cl)cc3)C4=O)C2)cc1. The first-order chi connectivity index (χ1) is 16.0. The zero-order valence-corrected chi connectivity index (χ0v) is 19.3. The number of nitrogens with zero attached hydrogens (tertiary/aromatic N) is 1. The quantitative estimate of drug-likeness (QED) is 0.458. The highest BCUT2D eigenvalue weighted by Gasteiger charge is 2.33. The van der Waals surface area contributed by atoms with E-state index < -0.39 is 0 Å². The molecule has 2 heterocycles. The van der Waals surface area contributed by atoms with Crippen molar-refractivity contribution in [2.24, 2.45) is 0 Å². The first kappa shape index (κ1) is 21.6. The number of hydrogen-bond acceptors (Lipinski definition) is 5. The van der Waals surface area contributed by atoms with Crippen LogP contribution >= 0.6 is 11.6 Å². The molecule has 5 rings (SSSR count). The van der Waals surface area contributed by atoms with Gasteiger partial charge in [0.15, 0.2) is 5.76 Å². The van der Waals surface area contributed by atoms with Crippen LogP contribution in [0.25, 0.3) is 6.08 Å². The minimum absolute atomic E-state index is 0.110. The number of rotatable bonds is 5. The van der Waals surface area contributed by atoms with Crippen LogP contribution < -0.4 is 14.2 Å². The first-order valence-corrected chi connectivity index (χ1v) is 11.2. The number of allylic oxidation sites excluding steroid dienone is 1. The van der Waals surface area contributed by atoms with E-state index in [0.29, 0.717) is 28.8 Å². The third-order valence-electron chi connectivity index (χ3n) is 6.05. The number of ketones is 1. The van der Waals surface area contributed by atoms with Gasteiger partial charge in [-0.25, -0.2) is 0 Å². The van der Waals surface area contributed by atoms with Gasteiger partial charge in [0.1, 0.15) is 24.0 Å². The molecule has 33 heavy (non-hydrogen) atoms. The molecule has 168 valence electrons. The van der Waals surface area contributed by atoms with E-state index in [2.05, 4.69) is 17.0 Å². The smallest absolute Gasteiger partial charge is 0.231 e. The number of carbonyl (C=O) groups excluding carboxylic acids is 1. The van der Waals surface area contributed by atoms with Crippen LogP contribution in [0.4, 0.5) is 0 Å². The van der Waals surface area contributed by atoms with Crippen LogP contribution in [0.3, 0.4) is 0 Å². The Hall–Kier alpha value is -3.28. The van der Waals surface area contributed by atoms with E-state index in [-0.39, 0.29) is 5.78 Å². The largest absolute Gasteiger partial charge is 0.497 e. The molecule has 5 nitrogen and oxygen atoms in total. The predicted octanol–water partition coefficient (Wildman–Crippen LogP) is 5.67. The van der Waals surface area contributed by atoms with Gasteiger partial charge >= 0.3 is 0 Å². The Kier molecular flexibility index (Phi) is 5.83. The summed E-state index contributed by atoms with van der Waals surface area (Å²) in [6.45, 7) is 4.03. The van der Waals surface area contributed by atoms with Crippen LogP contribution in [-0.4, -0.2) is 31.1 Å². The summed E-state index contributed by atoms with van der Waals surface area (Å²) in [5.74, 6) is 2.46. The average Bonchev–Trinajstić information content (AvgIpc) is 3.15. The first-order valence-electron chi connectivity index (χ1n) is 10.9. The predicted molar refractivity (Wildman–Crippen MR) is 128 cm³/mol. The van der Waals surface area contributed by atoms with Crippen molar-refractivity contribution < 1.29 is 19.0 Å². The Bertz CT molecular complexity index is 1230. The van der Waals surface area contributed by atoms with Gasteiger partial charge in [0, 0.05) is 29.2 Å². The van der Waals surface area contributed by atoms with Gasteiger partial charge in [-0.3, -0.25) is 9.69 Å². The summed E-state index contributed by atoms with van der Waals surface area (Å²) in [5.41, 5.74) is 4.57. The molecule has 0 N–H and O–H groups in total. The Labute approximate surface area is 198 Å². The van der Waals surface area contributed by atoms with Gasteiger partial charge in [-0.1, -0.05) is 35.9 Å². The highest BCUT2D eigenvalue weighted by atomic mass is 35.5. The van der Waals surface area contributed by atoms with Crippen LogP contribution in [0.1, 0.15) is 32.6 Å². The van der Waals surface area contributed by atoms with Crippen molar-refractivity contribution in [1.82, 2.24) is 4.90 Å². The number of halogens is 1. The van der Waals surface area contributed by atoms with E-state index in [9.17, 15) is 4.79 Å². The second-order valence-corrected chi connectivity index (χ2v) is 8.72. The lowest BCUT2D eigenvalue weighted by molar-refractivity contribution is 0.0954. The monoisotopic (exact) mass is 461 g/mol. The fourth-order valence-electron chi connectivity index (χ4n) is 4.23. The summed E-state index contributed by atoms with van der Waals surface area (Å²) in [6, 6.07) is 17.3. The molecule has 3 aromatic rings. The summed E-state index contributed by atoms with van der Waals surface area (Å²) in [7, 11) is 1.67. The third-order valence-corrected chi connectivity index (χ3v) is 6.30. The molecule has 0 radical (unpaired) electrons. The molecule has 2 aliphatic rings. The lowest BCUT2D eigenvalue weighted by Crippen LogP contribution is -2.34. The summed E-state index contributed by atoms with van der Waals surface area (Å²) in [5, 5.41) is 0.649. The van der Waals surface area contributed by atoms with E-state index in [0.717, 1.165) is 47.7 Å². The maximum absolute atomic E-state index is 13.1. The fraction of sp³-hybridized carbons (Fsp3) is 0.222. The zero-order valence-electron chi connectivity index (χ0n) is 18.6. The molecule has 0 spiro atoms. The van der Waals surface area contributed by atoms with Gasteiger partial charge in [0.05, 0.1) is 12.7 Å². The van der Waals surface area contributed by atoms with Gasteiger partial charge in [-0.2, -0.15) is 0 Å². The summed E-state index contributed by atoms with van der Waals surface area (Å²) in [4.78, 5) is 15.3. The molecule has 0 unspecified atom stereocenters. The van der Waals surface area contributed by atoms with Gasteiger partial charge in [0.25, 0.3) is 0 Å². The fourth-order valence-corrected chi connectivity index (χ4v) is 4.36. The molecule has 2 aliphatic heterocycles. The number of carbonyl (C=O) groups is 1. The molecule has 0 amide bonds. The topological polar surface area (TPSA) is 48.0 Å². The Morgan fingerprint density at radius 3 is 2.58 bits per heavy atom. The number of benzene rings is 3. The summed E-state index contributed by atoms with van der Waals surface area (Å²) >= 11 is 5.96. The van der Waals surface area contributed by atoms with Gasteiger partial charge in [-0.15, -0.1) is 0 Å². The number of methoxy groups -OCH3 is 1. The van der Waals surface area contributed by atoms with Crippen molar-refractivity contribution in [1.29, 1.82) is 0 Å². The van der Waals surface area contributed by atoms with E-state index in [1.807, 2.05) is 37.3 Å². The highest BCUT2D eigenvalue weighted by molar-refractivity contribution is 6.30. The third kappa shape index (κ3) is 4.34. The van der Waals surface area contributed by atoms with Crippen LogP contribution in [0, 0.1) is 6.92 Å². The maximum atomic E-state index is 13.1. The van der Waals surface area contributed by atoms with Crippen molar-refractivity contribution in [2.75, 3.05) is 20.4 Å². The van der Waals surface area contributed by atoms with Gasteiger partial charge in [-0.05, 0) is 60.9 Å². The van der Waals surface area contributed by atoms with Crippen molar-refractivity contribution >= 4 is 23.5 Å². The summed E-state index contributed by atoms with van der Waals surface area (Å²) in [6.07, 6.45) is 2.65. The van der Waals surface area contributed by atoms with E-state index in [4.69, 9.17) is 25.8 Å². The van der Waals surface area contributed by atoms with Gasteiger partial charge < -0.3 is 14.2 Å². The van der Waals surface area contributed by atoms with Gasteiger partial charge in [0.2, 0.25) is 5.78 Å². The van der Waals surface area contributed by atoms with Crippen LogP contribution in [0.2, 0.25) is 5.02 Å². The molecule has 0 aromatic heterocycles. The number of fused-ring (bicyclic) bond motifs is 2. The Morgan fingerprint density at radius 2 is 1.85 bits per heavy atom. The normalized spacial score (nSPS) is 16.2. The average molecular weight is 462 g/mol. The van der Waals surface area contributed by atoms with Crippen LogP contribution in [-0.2, 0) is 13.0 Å². The molecule has 0 saturated carbocycles. The minimum Gasteiger partial charge on any atom is -0.497 e. The standard InChI is InChI=1S/C27H24ClNO4/c1-17-26-20(15-29(16-32-26)12-11-18-5-9-22(31-2)10-6-18)14-23-25(30)24(33-27(17)23)13-19-3-7-21(28)8-4-19/h3-10,13-14H,11-12,15-16H2,1-2H3/b24-13-. The molecule has 0 bridgehead atoms. The lowest BCUT2D eigenvalue weighted by Gasteiger charge is -2.30. The molecule has 0 saturated heterocycles. The number of Topliss-reactive ketones (excluding diaryl/α,β-unsaturated/α-hetero) is 1. The van der Waals surface area contributed by atoms with Crippen LogP contribution in [0.15, 0.2) is 60.4 Å². The second-order valence-electron chi connectivity index (χ2n) is 8.28. The van der Waals surface area contributed by atoms with E-state index in [1.54, 1.807) is 25.3 Å². The number of hydrogen-bond donors (Lipinski definition) is 0. The highest BCUT2D eigenvalue weighted by Crippen LogP contribution is 2.43. The molecular formula is C27H24ClNO4. The summed E-state index contributed by atoms with van der Waals surface area (Å²) < 4.78 is 17.3. The zero-order chi connectivity index (χ0) is 22.9. The van der Waals surface area contributed by atoms with E-state index in [1.165, 1.54) is 5.56 Å². The molecular weight excluding hydrogens is 438 g/mol. The minimum atomic E-state index is -0.110. The van der Waals surface area contributed by atoms with Crippen LogP contribution in [0.5, 0.6) is 17.2 Å². The second kappa shape index (κ2) is 8.93. The Balaban J connectivity index is 1.33. The molecule has 0 fully saturated rings. The molecule has 3 aromatic carbocycles. The van der Waals surface area contributed by atoms with Crippen molar-refractivity contribution in [2.45, 2.75) is 19.9 Å². The van der Waals surface area contributed by atoms with Crippen molar-refractivity contribution in [3.63, 3.8) is 0 Å². The molecule has 0 aliphatic carbocycles. The van der Waals surface area contributed by atoms with E-state index >= 15 is 0 Å². The van der Waals surface area contributed by atoms with Crippen molar-refractivity contribution in [3.05, 3.63) is 93.2 Å².